The molecule has 194 valence electrons. The maximum atomic E-state index is 13.8. The molecule has 0 spiro atoms. The van der Waals surface area contributed by atoms with Gasteiger partial charge in [0, 0.05) is 13.0 Å². The Morgan fingerprint density at radius 3 is 2.11 bits per heavy atom. The molecule has 2 aromatic rings. The van der Waals surface area contributed by atoms with Gasteiger partial charge >= 0.3 is 5.97 Å². The van der Waals surface area contributed by atoms with Gasteiger partial charge in [-0.25, -0.2) is 0 Å². The molecule has 1 saturated heterocycles. The minimum Gasteiger partial charge on any atom is -0.493 e. The van der Waals surface area contributed by atoms with Crippen molar-refractivity contribution >= 4 is 17.7 Å². The fourth-order valence-electron chi connectivity index (χ4n) is 4.25. The van der Waals surface area contributed by atoms with E-state index >= 15 is 0 Å². The van der Waals surface area contributed by atoms with Crippen molar-refractivity contribution in [3.63, 3.8) is 0 Å². The number of benzene rings is 2. The Labute approximate surface area is 212 Å². The van der Waals surface area contributed by atoms with Crippen LogP contribution in [0.2, 0.25) is 0 Å². The highest BCUT2D eigenvalue weighted by Gasteiger charge is 2.59. The van der Waals surface area contributed by atoms with Gasteiger partial charge in [-0.05, 0) is 41.5 Å². The van der Waals surface area contributed by atoms with Crippen molar-refractivity contribution in [2.75, 3.05) is 27.9 Å². The maximum absolute atomic E-state index is 13.8. The highest BCUT2D eigenvalue weighted by Crippen LogP contribution is 2.40. The molecule has 1 heterocycles. The minimum absolute atomic E-state index is 0.0357. The third-order valence-corrected chi connectivity index (χ3v) is 6.19. The van der Waals surface area contributed by atoms with Crippen molar-refractivity contribution in [1.29, 1.82) is 0 Å². The largest absolute Gasteiger partial charge is 0.493 e. The second kappa shape index (κ2) is 11.0. The average Bonchev–Trinajstić information content (AvgIpc) is 3.10. The van der Waals surface area contributed by atoms with Crippen LogP contribution in [0.1, 0.15) is 38.3 Å². The molecule has 2 atom stereocenters. The molecule has 2 aromatic carbocycles. The van der Waals surface area contributed by atoms with Gasteiger partial charge in [0.05, 0.1) is 21.3 Å². The Morgan fingerprint density at radius 1 is 0.972 bits per heavy atom. The van der Waals surface area contributed by atoms with Crippen molar-refractivity contribution in [3.05, 3.63) is 53.6 Å². The molecule has 8 heteroatoms. The fraction of sp³-hybridized carbons (Fsp3) is 0.464. The monoisotopic (exact) mass is 497 g/mol. The summed E-state index contributed by atoms with van der Waals surface area (Å²) in [6.45, 7) is 6.25. The van der Waals surface area contributed by atoms with Gasteiger partial charge in [0.2, 0.25) is 17.1 Å². The van der Waals surface area contributed by atoms with Gasteiger partial charge in [0.1, 0.15) is 5.92 Å². The van der Waals surface area contributed by atoms with Gasteiger partial charge in [-0.15, -0.1) is 0 Å². The molecule has 0 radical (unpaired) electrons. The Bertz CT molecular complexity index is 1080. The molecule has 36 heavy (non-hydrogen) atoms. The van der Waals surface area contributed by atoms with E-state index in [0.29, 0.717) is 35.8 Å². The van der Waals surface area contributed by atoms with Crippen molar-refractivity contribution < 1.29 is 33.3 Å². The summed E-state index contributed by atoms with van der Waals surface area (Å²) >= 11 is 0. The van der Waals surface area contributed by atoms with E-state index in [2.05, 4.69) is 5.32 Å². The van der Waals surface area contributed by atoms with Crippen molar-refractivity contribution in [2.24, 2.45) is 11.3 Å². The number of ketones is 1. The summed E-state index contributed by atoms with van der Waals surface area (Å²) in [4.78, 5) is 40.2. The number of aryl methyl sites for hydroxylation is 1. The zero-order valence-corrected chi connectivity index (χ0v) is 21.8. The zero-order chi connectivity index (χ0) is 26.5. The molecule has 1 N–H and O–H groups in total. The van der Waals surface area contributed by atoms with Gasteiger partial charge in [-0.2, -0.15) is 0 Å². The Kier molecular flexibility index (Phi) is 8.28. The van der Waals surface area contributed by atoms with Gasteiger partial charge in [0.25, 0.3) is 5.91 Å². The number of carbonyl (C=O) groups is 3. The molecule has 0 saturated carbocycles. The van der Waals surface area contributed by atoms with E-state index in [9.17, 15) is 14.4 Å². The molecule has 1 fully saturated rings. The maximum Gasteiger partial charge on any atom is 0.318 e. The summed E-state index contributed by atoms with van der Waals surface area (Å²) in [7, 11) is 4.48. The number of nitrogens with one attached hydrogen (secondary N) is 1. The molecular weight excluding hydrogens is 462 g/mol. The number of Topliss-reactive ketones (excluding diaryl/α,β-unsaturated/α-hetero) is 1. The topological polar surface area (TPSA) is 100 Å². The first-order valence-electron chi connectivity index (χ1n) is 11.9. The van der Waals surface area contributed by atoms with Gasteiger partial charge < -0.3 is 24.3 Å². The van der Waals surface area contributed by atoms with E-state index in [0.717, 1.165) is 5.56 Å². The number of amides is 1. The van der Waals surface area contributed by atoms with Crippen LogP contribution in [0.5, 0.6) is 17.2 Å². The van der Waals surface area contributed by atoms with Crippen LogP contribution in [0, 0.1) is 11.3 Å². The van der Waals surface area contributed by atoms with Crippen LogP contribution >= 0.6 is 0 Å². The number of ether oxygens (including phenoxy) is 4. The first-order valence-corrected chi connectivity index (χ1v) is 11.9. The lowest BCUT2D eigenvalue weighted by atomic mass is 9.83. The highest BCUT2D eigenvalue weighted by atomic mass is 16.6. The van der Waals surface area contributed by atoms with Crippen LogP contribution in [0.3, 0.4) is 0 Å². The number of cyclic esters (lactones) is 1. The average molecular weight is 498 g/mol. The predicted octanol–water partition coefficient (Wildman–Crippen LogP) is 3.53. The molecule has 8 nitrogen and oxygen atoms in total. The lowest BCUT2D eigenvalue weighted by Gasteiger charge is -2.27. The fourth-order valence-corrected chi connectivity index (χ4v) is 4.25. The molecule has 1 aliphatic rings. The van der Waals surface area contributed by atoms with Crippen LogP contribution in [-0.4, -0.2) is 51.1 Å². The summed E-state index contributed by atoms with van der Waals surface area (Å²) in [6, 6.07) is 12.9. The number of hydrogen-bond donors (Lipinski definition) is 1. The normalized spacial score (nSPS) is 19.6. The summed E-state index contributed by atoms with van der Waals surface area (Å²) in [6.07, 6.45) is 0.497. The van der Waals surface area contributed by atoms with Gasteiger partial charge in [-0.3, -0.25) is 14.4 Å². The molecule has 0 aliphatic carbocycles. The van der Waals surface area contributed by atoms with E-state index in [1.54, 1.807) is 12.1 Å². The predicted molar refractivity (Wildman–Crippen MR) is 134 cm³/mol. The van der Waals surface area contributed by atoms with Crippen molar-refractivity contribution in [1.82, 2.24) is 5.32 Å². The molecular formula is C28H35NO7. The van der Waals surface area contributed by atoms with Crippen molar-refractivity contribution in [2.45, 2.75) is 45.6 Å². The standard InChI is InChI=1S/C28H35NO7/c1-27(2,3)17-29-26(32)28(13-12-18-10-8-7-9-11-18)24(30)20(25(31)36-28)14-19-15-21(33-4)23(35-6)22(16-19)34-5/h7-11,15-16,20H,12-14,17H2,1-6H3,(H,29,32). The number of esters is 1. The second-order valence-electron chi connectivity index (χ2n) is 10.1. The smallest absolute Gasteiger partial charge is 0.318 e. The van der Waals surface area contributed by atoms with E-state index in [1.807, 2.05) is 51.1 Å². The van der Waals surface area contributed by atoms with E-state index < -0.39 is 29.2 Å². The molecule has 0 bridgehead atoms. The Hall–Kier alpha value is -3.55. The quantitative estimate of drug-likeness (QED) is 0.396. The molecule has 1 amide bonds. The third-order valence-electron chi connectivity index (χ3n) is 6.19. The lowest BCUT2D eigenvalue weighted by Crippen LogP contribution is -2.53. The summed E-state index contributed by atoms with van der Waals surface area (Å²) < 4.78 is 21.8. The minimum atomic E-state index is -1.89. The number of methoxy groups -OCH3 is 3. The number of rotatable bonds is 10. The Morgan fingerprint density at radius 2 is 1.58 bits per heavy atom. The summed E-state index contributed by atoms with van der Waals surface area (Å²) in [5, 5.41) is 2.84. The molecule has 3 rings (SSSR count). The molecule has 1 aliphatic heterocycles. The van der Waals surface area contributed by atoms with Crippen LogP contribution in [0.25, 0.3) is 0 Å². The number of hydrogen-bond acceptors (Lipinski definition) is 7. The van der Waals surface area contributed by atoms with Crippen LogP contribution in [0.4, 0.5) is 0 Å². The SMILES string of the molecule is COc1cc(CC2C(=O)OC(CCc3ccccc3)(C(=O)NCC(C)(C)C)C2=O)cc(OC)c1OC. The van der Waals surface area contributed by atoms with Crippen molar-refractivity contribution in [3.8, 4) is 17.2 Å². The first-order chi connectivity index (χ1) is 17.0. The van der Waals surface area contributed by atoms with E-state index in [1.165, 1.54) is 21.3 Å². The van der Waals surface area contributed by atoms with E-state index in [4.69, 9.17) is 18.9 Å². The zero-order valence-electron chi connectivity index (χ0n) is 21.8. The number of carbonyl (C=O) groups excluding carboxylic acids is 3. The Balaban J connectivity index is 1.92. The third kappa shape index (κ3) is 5.80. The summed E-state index contributed by atoms with van der Waals surface area (Å²) in [5.41, 5.74) is -0.535. The first kappa shape index (κ1) is 27.0. The highest BCUT2D eigenvalue weighted by molar-refractivity contribution is 6.20. The molecule has 0 aromatic heterocycles. The summed E-state index contributed by atoms with van der Waals surface area (Å²) in [5.74, 6) is -1.75. The van der Waals surface area contributed by atoms with Crippen LogP contribution < -0.4 is 19.5 Å². The van der Waals surface area contributed by atoms with Gasteiger partial charge in [-0.1, -0.05) is 51.1 Å². The molecule has 2 unspecified atom stereocenters. The van der Waals surface area contributed by atoms with Crippen LogP contribution in [0.15, 0.2) is 42.5 Å². The van der Waals surface area contributed by atoms with E-state index in [-0.39, 0.29) is 18.3 Å². The van der Waals surface area contributed by atoms with Gasteiger partial charge in [0.15, 0.2) is 11.5 Å². The lowest BCUT2D eigenvalue weighted by molar-refractivity contribution is -0.162. The van der Waals surface area contributed by atoms with Crippen LogP contribution in [-0.2, 0) is 32.0 Å². The second-order valence-corrected chi connectivity index (χ2v) is 10.1.